The fourth-order valence-corrected chi connectivity index (χ4v) is 2.09. The Morgan fingerprint density at radius 3 is 2.36 bits per heavy atom. The van der Waals surface area contributed by atoms with E-state index in [0.29, 0.717) is 11.7 Å². The molecule has 0 N–H and O–H groups in total. The van der Waals surface area contributed by atoms with Gasteiger partial charge in [-0.1, -0.05) is 6.92 Å². The molecule has 0 aromatic heterocycles. The number of thiocarbonyl (C=S) groups is 1. The van der Waals surface area contributed by atoms with Crippen molar-refractivity contribution >= 4 is 23.2 Å². The van der Waals surface area contributed by atoms with Crippen LogP contribution >= 0.6 is 12.2 Å². The molecule has 0 saturated carbocycles. The molecule has 1 saturated heterocycles. The maximum atomic E-state index is 11.8. The minimum atomic E-state index is -0.155. The van der Waals surface area contributed by atoms with E-state index in [0.717, 1.165) is 13.0 Å². The molecule has 0 aromatic rings. The monoisotopic (exact) mass is 214 g/mol. The molecule has 0 unspecified atom stereocenters. The minimum absolute atomic E-state index is 0.128. The number of rotatable bonds is 3. The summed E-state index contributed by atoms with van der Waals surface area (Å²) in [7, 11) is 0. The number of nitrogens with zero attached hydrogens (tertiary/aromatic N) is 2. The van der Waals surface area contributed by atoms with Gasteiger partial charge in [-0.2, -0.15) is 0 Å². The van der Waals surface area contributed by atoms with Gasteiger partial charge < -0.3 is 4.90 Å². The molecule has 1 aliphatic heterocycles. The standard InChI is InChI=1S/C10H18N2OS/c1-5-10(3,4)12-8(13)7-11(6-2)9(12)14/h5-7H2,1-4H3. The van der Waals surface area contributed by atoms with E-state index in [1.807, 2.05) is 11.8 Å². The van der Waals surface area contributed by atoms with Crippen molar-refractivity contribution in [2.45, 2.75) is 39.7 Å². The second-order valence-corrected chi connectivity index (χ2v) is 4.56. The zero-order valence-electron chi connectivity index (χ0n) is 9.33. The maximum Gasteiger partial charge on any atom is 0.248 e. The fourth-order valence-electron chi connectivity index (χ4n) is 1.55. The number of carbonyl (C=O) groups is 1. The highest BCUT2D eigenvalue weighted by Gasteiger charge is 2.40. The van der Waals surface area contributed by atoms with Gasteiger partial charge in [-0.15, -0.1) is 0 Å². The Hall–Kier alpha value is -0.640. The molecule has 3 nitrogen and oxygen atoms in total. The summed E-state index contributed by atoms with van der Waals surface area (Å²) in [5, 5.41) is 0.685. The molecule has 0 aliphatic carbocycles. The van der Waals surface area contributed by atoms with Crippen LogP contribution in [0, 0.1) is 0 Å². The second kappa shape index (κ2) is 3.85. The SMILES string of the molecule is CCN1CC(=O)N(C(C)(C)CC)C1=S. The topological polar surface area (TPSA) is 23.6 Å². The average Bonchev–Trinajstić information content (AvgIpc) is 2.41. The van der Waals surface area contributed by atoms with Gasteiger partial charge in [-0.05, 0) is 39.4 Å². The Morgan fingerprint density at radius 2 is 2.00 bits per heavy atom. The average molecular weight is 214 g/mol. The number of amides is 1. The molecule has 0 bridgehead atoms. The third-order valence-corrected chi connectivity index (χ3v) is 3.33. The van der Waals surface area contributed by atoms with Crippen LogP contribution in [0.3, 0.4) is 0 Å². The van der Waals surface area contributed by atoms with Crippen molar-refractivity contribution in [3.63, 3.8) is 0 Å². The first kappa shape index (κ1) is 11.4. The van der Waals surface area contributed by atoms with Crippen molar-refractivity contribution in [3.8, 4) is 0 Å². The van der Waals surface area contributed by atoms with E-state index in [1.165, 1.54) is 0 Å². The van der Waals surface area contributed by atoms with E-state index in [-0.39, 0.29) is 11.4 Å². The van der Waals surface area contributed by atoms with Crippen LogP contribution in [0.15, 0.2) is 0 Å². The molecule has 0 spiro atoms. The predicted octanol–water partition coefficient (Wildman–Crippen LogP) is 1.62. The Balaban J connectivity index is 2.90. The number of carbonyl (C=O) groups excluding carboxylic acids is 1. The maximum absolute atomic E-state index is 11.8. The van der Waals surface area contributed by atoms with Crippen LogP contribution in [0.4, 0.5) is 0 Å². The third kappa shape index (κ3) is 1.75. The van der Waals surface area contributed by atoms with Crippen LogP contribution in [0.1, 0.15) is 34.1 Å². The van der Waals surface area contributed by atoms with Crippen molar-refractivity contribution in [2.75, 3.05) is 13.1 Å². The summed E-state index contributed by atoms with van der Waals surface area (Å²) in [5.41, 5.74) is -0.155. The van der Waals surface area contributed by atoms with Gasteiger partial charge in [0.15, 0.2) is 5.11 Å². The van der Waals surface area contributed by atoms with Gasteiger partial charge in [0.05, 0.1) is 6.54 Å². The van der Waals surface area contributed by atoms with E-state index in [9.17, 15) is 4.79 Å². The molecule has 1 amide bonds. The largest absolute Gasteiger partial charge is 0.340 e. The summed E-state index contributed by atoms with van der Waals surface area (Å²) in [6.07, 6.45) is 0.913. The summed E-state index contributed by atoms with van der Waals surface area (Å²) in [4.78, 5) is 15.5. The van der Waals surface area contributed by atoms with Gasteiger partial charge in [0.25, 0.3) is 0 Å². The van der Waals surface area contributed by atoms with Gasteiger partial charge >= 0.3 is 0 Å². The molecule has 1 heterocycles. The van der Waals surface area contributed by atoms with Crippen molar-refractivity contribution in [2.24, 2.45) is 0 Å². The third-order valence-electron chi connectivity index (χ3n) is 2.89. The lowest BCUT2D eigenvalue weighted by atomic mass is 10.0. The quantitative estimate of drug-likeness (QED) is 0.667. The summed E-state index contributed by atoms with van der Waals surface area (Å²) >= 11 is 5.28. The van der Waals surface area contributed by atoms with Crippen molar-refractivity contribution in [1.82, 2.24) is 9.80 Å². The van der Waals surface area contributed by atoms with Gasteiger partial charge in [0.1, 0.15) is 0 Å². The van der Waals surface area contributed by atoms with Crippen LogP contribution in [0.2, 0.25) is 0 Å². The van der Waals surface area contributed by atoms with Crippen molar-refractivity contribution in [3.05, 3.63) is 0 Å². The van der Waals surface area contributed by atoms with Crippen LogP contribution in [-0.4, -0.2) is 39.4 Å². The lowest BCUT2D eigenvalue weighted by molar-refractivity contribution is -0.128. The number of likely N-dealkylation sites (N-methyl/N-ethyl adjacent to an activating group) is 1. The summed E-state index contributed by atoms with van der Waals surface area (Å²) in [5.74, 6) is 0.128. The lowest BCUT2D eigenvalue weighted by Gasteiger charge is -2.34. The van der Waals surface area contributed by atoms with Crippen molar-refractivity contribution in [1.29, 1.82) is 0 Å². The fraction of sp³-hybridized carbons (Fsp3) is 0.800. The summed E-state index contributed by atoms with van der Waals surface area (Å²) in [6, 6.07) is 0. The molecule has 14 heavy (non-hydrogen) atoms. The van der Waals surface area contributed by atoms with Crippen LogP contribution in [0.25, 0.3) is 0 Å². The molecular formula is C10H18N2OS. The van der Waals surface area contributed by atoms with E-state index in [1.54, 1.807) is 4.90 Å². The van der Waals surface area contributed by atoms with Gasteiger partial charge in [-0.25, -0.2) is 0 Å². The van der Waals surface area contributed by atoms with Crippen molar-refractivity contribution < 1.29 is 4.79 Å². The lowest BCUT2D eigenvalue weighted by Crippen LogP contribution is -2.47. The number of hydrogen-bond acceptors (Lipinski definition) is 2. The van der Waals surface area contributed by atoms with Crippen LogP contribution < -0.4 is 0 Å². The normalized spacial score (nSPS) is 18.3. The molecule has 0 radical (unpaired) electrons. The highest BCUT2D eigenvalue weighted by molar-refractivity contribution is 7.80. The minimum Gasteiger partial charge on any atom is -0.340 e. The Kier molecular flexibility index (Phi) is 3.14. The molecule has 1 rings (SSSR count). The molecule has 0 atom stereocenters. The molecule has 4 heteroatoms. The predicted molar refractivity (Wildman–Crippen MR) is 61.1 cm³/mol. The van der Waals surface area contributed by atoms with E-state index in [2.05, 4.69) is 20.8 Å². The highest BCUT2D eigenvalue weighted by Crippen LogP contribution is 2.24. The Labute approximate surface area is 91.1 Å². The molecule has 1 aliphatic rings. The van der Waals surface area contributed by atoms with E-state index in [4.69, 9.17) is 12.2 Å². The van der Waals surface area contributed by atoms with Gasteiger partial charge in [0, 0.05) is 12.1 Å². The summed E-state index contributed by atoms with van der Waals surface area (Å²) in [6.45, 7) is 9.44. The van der Waals surface area contributed by atoms with Crippen LogP contribution in [-0.2, 0) is 4.79 Å². The number of hydrogen-bond donors (Lipinski definition) is 0. The Morgan fingerprint density at radius 1 is 1.43 bits per heavy atom. The molecular weight excluding hydrogens is 196 g/mol. The first-order valence-electron chi connectivity index (χ1n) is 5.06. The van der Waals surface area contributed by atoms with Crippen LogP contribution in [0.5, 0.6) is 0 Å². The highest BCUT2D eigenvalue weighted by atomic mass is 32.1. The smallest absolute Gasteiger partial charge is 0.248 e. The first-order valence-corrected chi connectivity index (χ1v) is 5.46. The van der Waals surface area contributed by atoms with E-state index >= 15 is 0 Å². The molecule has 80 valence electrons. The zero-order chi connectivity index (χ0) is 10.9. The van der Waals surface area contributed by atoms with Gasteiger partial charge in [-0.3, -0.25) is 9.69 Å². The molecule has 1 fully saturated rings. The Bertz CT molecular complexity index is 263. The zero-order valence-corrected chi connectivity index (χ0v) is 10.1. The molecule has 0 aromatic carbocycles. The van der Waals surface area contributed by atoms with E-state index < -0.39 is 0 Å². The first-order chi connectivity index (χ1) is 6.44. The summed E-state index contributed by atoms with van der Waals surface area (Å²) < 4.78 is 0. The van der Waals surface area contributed by atoms with Gasteiger partial charge in [0.2, 0.25) is 5.91 Å². The second-order valence-electron chi connectivity index (χ2n) is 4.19.